The highest BCUT2D eigenvalue weighted by molar-refractivity contribution is 5.27. The summed E-state index contributed by atoms with van der Waals surface area (Å²) in [5.41, 5.74) is 1.20. The first kappa shape index (κ1) is 8.81. The van der Waals surface area contributed by atoms with E-state index < -0.39 is 0 Å². The monoisotopic (exact) mass is 164 g/mol. The largest absolute Gasteiger partial charge is 0.340 e. The van der Waals surface area contributed by atoms with E-state index in [4.69, 9.17) is 5.26 Å². The van der Waals surface area contributed by atoms with Crippen LogP contribution in [0.5, 0.6) is 5.75 Å². The van der Waals surface area contributed by atoms with Crippen molar-refractivity contribution in [3.63, 3.8) is 0 Å². The molecule has 0 aliphatic heterocycles. The zero-order chi connectivity index (χ0) is 8.81. The maximum atomic E-state index is 8.29. The van der Waals surface area contributed by atoms with Crippen molar-refractivity contribution in [2.45, 2.75) is 13.3 Å². The van der Waals surface area contributed by atoms with Crippen LogP contribution in [-0.4, -0.2) is 5.26 Å². The summed E-state index contributed by atoms with van der Waals surface area (Å²) in [6.07, 6.45) is 5.01. The fourth-order valence-electron chi connectivity index (χ4n) is 0.940. The summed E-state index contributed by atoms with van der Waals surface area (Å²) < 4.78 is 0. The van der Waals surface area contributed by atoms with Gasteiger partial charge in [0.25, 0.3) is 0 Å². The fraction of sp³-hybridized carbons (Fsp3) is 0.200. The lowest BCUT2D eigenvalue weighted by molar-refractivity contribution is -0.137. The zero-order valence-electron chi connectivity index (χ0n) is 7.03. The Hall–Kier alpha value is -1.28. The second-order valence-corrected chi connectivity index (χ2v) is 2.51. The number of allylic oxidation sites excluding steroid dienone is 2. The van der Waals surface area contributed by atoms with Gasteiger partial charge in [0.05, 0.1) is 0 Å². The van der Waals surface area contributed by atoms with Gasteiger partial charge in [0.15, 0.2) is 5.75 Å². The quantitative estimate of drug-likeness (QED) is 0.423. The lowest BCUT2D eigenvalue weighted by Crippen LogP contribution is -1.84. The van der Waals surface area contributed by atoms with Crippen molar-refractivity contribution in [2.75, 3.05) is 0 Å². The first-order valence-corrected chi connectivity index (χ1v) is 3.88. The summed E-state index contributed by atoms with van der Waals surface area (Å²) >= 11 is 0. The third-order valence-electron chi connectivity index (χ3n) is 1.62. The van der Waals surface area contributed by atoms with Gasteiger partial charge < -0.3 is 4.89 Å². The van der Waals surface area contributed by atoms with E-state index in [1.165, 1.54) is 5.56 Å². The molecule has 0 fully saturated rings. The van der Waals surface area contributed by atoms with E-state index in [2.05, 4.69) is 11.0 Å². The predicted molar refractivity (Wildman–Crippen MR) is 48.2 cm³/mol. The van der Waals surface area contributed by atoms with E-state index in [1.807, 2.05) is 25.1 Å². The minimum Gasteiger partial charge on any atom is -0.340 e. The van der Waals surface area contributed by atoms with Crippen molar-refractivity contribution in [2.24, 2.45) is 0 Å². The molecule has 0 aliphatic rings. The number of hydrogen-bond donors (Lipinski definition) is 1. The van der Waals surface area contributed by atoms with Gasteiger partial charge in [-0.25, -0.2) is 5.26 Å². The Bertz CT molecular complexity index is 249. The van der Waals surface area contributed by atoms with Gasteiger partial charge in [-0.3, -0.25) is 0 Å². The van der Waals surface area contributed by atoms with Gasteiger partial charge in [-0.2, -0.15) is 0 Å². The van der Waals surface area contributed by atoms with Crippen molar-refractivity contribution in [1.29, 1.82) is 0 Å². The van der Waals surface area contributed by atoms with Crippen LogP contribution in [0.25, 0.3) is 0 Å². The second kappa shape index (κ2) is 4.57. The molecule has 0 atom stereocenters. The summed E-state index contributed by atoms with van der Waals surface area (Å²) in [4.78, 5) is 4.06. The van der Waals surface area contributed by atoms with Crippen molar-refractivity contribution in [3.05, 3.63) is 42.0 Å². The molecule has 64 valence electrons. The Morgan fingerprint density at radius 3 is 2.50 bits per heavy atom. The molecule has 1 aromatic carbocycles. The van der Waals surface area contributed by atoms with Gasteiger partial charge in [-0.05, 0) is 31.0 Å². The lowest BCUT2D eigenvalue weighted by Gasteiger charge is -1.97. The molecule has 1 rings (SSSR count). The van der Waals surface area contributed by atoms with E-state index in [1.54, 1.807) is 12.1 Å². The van der Waals surface area contributed by atoms with Crippen molar-refractivity contribution in [3.8, 4) is 5.75 Å². The molecule has 0 amide bonds. The molecule has 0 spiro atoms. The minimum absolute atomic E-state index is 0.472. The Morgan fingerprint density at radius 1 is 1.33 bits per heavy atom. The Kier molecular flexibility index (Phi) is 3.35. The van der Waals surface area contributed by atoms with Crippen LogP contribution in [0, 0.1) is 0 Å². The van der Waals surface area contributed by atoms with Crippen LogP contribution < -0.4 is 4.89 Å². The molecular weight excluding hydrogens is 152 g/mol. The van der Waals surface area contributed by atoms with Crippen LogP contribution in [0.15, 0.2) is 36.4 Å². The Morgan fingerprint density at radius 2 is 2.00 bits per heavy atom. The summed E-state index contributed by atoms with van der Waals surface area (Å²) in [5.74, 6) is 0.472. The molecule has 0 radical (unpaired) electrons. The number of benzene rings is 1. The highest BCUT2D eigenvalue weighted by atomic mass is 17.1. The lowest BCUT2D eigenvalue weighted by atomic mass is 10.1. The van der Waals surface area contributed by atoms with Crippen LogP contribution in [0.1, 0.15) is 12.5 Å². The molecule has 0 heterocycles. The van der Waals surface area contributed by atoms with Gasteiger partial charge in [0.1, 0.15) is 0 Å². The van der Waals surface area contributed by atoms with Gasteiger partial charge in [-0.15, -0.1) is 0 Å². The topological polar surface area (TPSA) is 29.5 Å². The molecule has 0 aromatic heterocycles. The summed E-state index contributed by atoms with van der Waals surface area (Å²) in [7, 11) is 0. The van der Waals surface area contributed by atoms with Crippen LogP contribution in [0.4, 0.5) is 0 Å². The Balaban J connectivity index is 2.64. The molecule has 0 saturated carbocycles. The van der Waals surface area contributed by atoms with Crippen molar-refractivity contribution >= 4 is 0 Å². The predicted octanol–water partition coefficient (Wildman–Crippen LogP) is 2.66. The van der Waals surface area contributed by atoms with E-state index in [0.29, 0.717) is 5.75 Å². The molecular formula is C10H12O2. The first-order valence-electron chi connectivity index (χ1n) is 3.88. The van der Waals surface area contributed by atoms with Gasteiger partial charge in [0.2, 0.25) is 0 Å². The van der Waals surface area contributed by atoms with Crippen LogP contribution >= 0.6 is 0 Å². The number of rotatable bonds is 3. The molecule has 1 aromatic rings. The average Bonchev–Trinajstić information content (AvgIpc) is 2.15. The SMILES string of the molecule is C/C=C/Cc1ccc(OO)cc1. The van der Waals surface area contributed by atoms with Gasteiger partial charge in [0, 0.05) is 0 Å². The molecule has 0 unspecified atom stereocenters. The van der Waals surface area contributed by atoms with Crippen LogP contribution in [-0.2, 0) is 6.42 Å². The number of hydrogen-bond acceptors (Lipinski definition) is 2. The maximum Gasteiger partial charge on any atom is 0.165 e. The van der Waals surface area contributed by atoms with Crippen LogP contribution in [0.2, 0.25) is 0 Å². The van der Waals surface area contributed by atoms with Crippen molar-refractivity contribution in [1.82, 2.24) is 0 Å². The third kappa shape index (κ3) is 2.40. The van der Waals surface area contributed by atoms with E-state index in [-0.39, 0.29) is 0 Å². The highest BCUT2D eigenvalue weighted by Crippen LogP contribution is 2.11. The van der Waals surface area contributed by atoms with E-state index in [0.717, 1.165) is 6.42 Å². The molecule has 0 aliphatic carbocycles. The maximum absolute atomic E-state index is 8.29. The molecule has 0 bridgehead atoms. The van der Waals surface area contributed by atoms with E-state index in [9.17, 15) is 0 Å². The summed E-state index contributed by atoms with van der Waals surface area (Å²) in [5, 5.41) is 8.29. The normalized spacial score (nSPS) is 10.5. The zero-order valence-corrected chi connectivity index (χ0v) is 7.03. The second-order valence-electron chi connectivity index (χ2n) is 2.51. The first-order chi connectivity index (χ1) is 5.86. The average molecular weight is 164 g/mol. The molecule has 2 heteroatoms. The van der Waals surface area contributed by atoms with Crippen molar-refractivity contribution < 1.29 is 10.1 Å². The molecule has 0 saturated heterocycles. The smallest absolute Gasteiger partial charge is 0.165 e. The third-order valence-corrected chi connectivity index (χ3v) is 1.62. The van der Waals surface area contributed by atoms with Gasteiger partial charge in [-0.1, -0.05) is 24.3 Å². The van der Waals surface area contributed by atoms with Gasteiger partial charge >= 0.3 is 0 Å². The molecule has 12 heavy (non-hydrogen) atoms. The summed E-state index contributed by atoms with van der Waals surface area (Å²) in [6, 6.07) is 7.31. The Labute approximate surface area is 72.0 Å². The summed E-state index contributed by atoms with van der Waals surface area (Å²) in [6.45, 7) is 1.99. The molecule has 2 nitrogen and oxygen atoms in total. The fourth-order valence-corrected chi connectivity index (χ4v) is 0.940. The highest BCUT2D eigenvalue weighted by Gasteiger charge is 1.91. The minimum atomic E-state index is 0.472. The van der Waals surface area contributed by atoms with E-state index >= 15 is 0 Å². The molecule has 1 N–H and O–H groups in total. The van der Waals surface area contributed by atoms with Crippen LogP contribution in [0.3, 0.4) is 0 Å². The standard InChI is InChI=1S/C10H12O2/c1-2-3-4-9-5-7-10(12-11)8-6-9/h2-3,5-8,11H,4H2,1H3/b3-2+.